The quantitative estimate of drug-likeness (QED) is 0.417. The third-order valence-corrected chi connectivity index (χ3v) is 5.46. The number of carbonyl (C=O) groups is 1. The standard InChI is InChI=1S/C16H24O9/c1-6-2-3-7-8(14(21)22)5-23-15(10(6)7)25-16-13(20)12(19)11(18)9(4-17)24-16/h5-7,9-13,15-20H,2-4H2,1H3,(H,21,22)/t6?,7?,9-,10?,11-,12+,13-,15?,16+/m1/s1. The molecule has 4 unspecified atom stereocenters. The first-order valence-electron chi connectivity index (χ1n) is 8.40. The number of aliphatic hydroxyl groups excluding tert-OH is 4. The highest BCUT2D eigenvalue weighted by atomic mass is 16.8. The Labute approximate surface area is 144 Å². The molecule has 0 radical (unpaired) electrons. The lowest BCUT2D eigenvalue weighted by atomic mass is 9.83. The van der Waals surface area contributed by atoms with E-state index >= 15 is 0 Å². The van der Waals surface area contributed by atoms with Gasteiger partial charge in [-0.2, -0.15) is 0 Å². The van der Waals surface area contributed by atoms with Crippen molar-refractivity contribution in [2.24, 2.45) is 17.8 Å². The van der Waals surface area contributed by atoms with Crippen LogP contribution in [0.25, 0.3) is 0 Å². The second kappa shape index (κ2) is 7.18. The van der Waals surface area contributed by atoms with Crippen molar-refractivity contribution in [2.75, 3.05) is 6.61 Å². The van der Waals surface area contributed by atoms with Crippen molar-refractivity contribution in [3.63, 3.8) is 0 Å². The number of carboxylic acids is 1. The van der Waals surface area contributed by atoms with Crippen molar-refractivity contribution in [3.8, 4) is 0 Å². The van der Waals surface area contributed by atoms with E-state index in [2.05, 4.69) is 0 Å². The Morgan fingerprint density at radius 2 is 1.92 bits per heavy atom. The van der Waals surface area contributed by atoms with Crippen LogP contribution in [0.4, 0.5) is 0 Å². The molecule has 142 valence electrons. The molecule has 5 N–H and O–H groups in total. The average molecular weight is 360 g/mol. The van der Waals surface area contributed by atoms with Crippen molar-refractivity contribution < 1.29 is 44.5 Å². The maximum Gasteiger partial charge on any atom is 0.334 e. The maximum absolute atomic E-state index is 11.4. The van der Waals surface area contributed by atoms with E-state index in [4.69, 9.17) is 14.2 Å². The molecule has 2 aliphatic heterocycles. The third-order valence-electron chi connectivity index (χ3n) is 5.46. The summed E-state index contributed by atoms with van der Waals surface area (Å²) in [5.74, 6) is -1.35. The van der Waals surface area contributed by atoms with Gasteiger partial charge >= 0.3 is 5.97 Å². The fourth-order valence-electron chi connectivity index (χ4n) is 4.01. The van der Waals surface area contributed by atoms with Crippen LogP contribution in [0.1, 0.15) is 19.8 Å². The monoisotopic (exact) mass is 360 g/mol. The first-order chi connectivity index (χ1) is 11.8. The fraction of sp³-hybridized carbons (Fsp3) is 0.812. The number of hydrogen-bond acceptors (Lipinski definition) is 8. The SMILES string of the molecule is CC1CCC2C(C(=O)O)=COC(O[C@@H]3O[C@H](CO)[C@@H](O)[C@H](O)[C@H]3O)C12. The summed E-state index contributed by atoms with van der Waals surface area (Å²) in [4.78, 5) is 11.4. The topological polar surface area (TPSA) is 146 Å². The number of aliphatic carboxylic acids is 1. The summed E-state index contributed by atoms with van der Waals surface area (Å²) in [5, 5.41) is 48.3. The van der Waals surface area contributed by atoms with Gasteiger partial charge in [0.25, 0.3) is 0 Å². The van der Waals surface area contributed by atoms with Crippen LogP contribution in [-0.4, -0.2) is 75.1 Å². The van der Waals surface area contributed by atoms with E-state index in [1.54, 1.807) is 0 Å². The van der Waals surface area contributed by atoms with Gasteiger partial charge in [0.15, 0.2) is 6.29 Å². The summed E-state index contributed by atoms with van der Waals surface area (Å²) in [5.41, 5.74) is 0.197. The first kappa shape index (κ1) is 18.6. The van der Waals surface area contributed by atoms with Crippen molar-refractivity contribution in [3.05, 3.63) is 11.8 Å². The molecule has 0 aromatic heterocycles. The van der Waals surface area contributed by atoms with Crippen LogP contribution in [0.3, 0.4) is 0 Å². The Bertz CT molecular complexity index is 534. The molecule has 1 saturated carbocycles. The lowest BCUT2D eigenvalue weighted by Gasteiger charge is -2.43. The van der Waals surface area contributed by atoms with E-state index in [9.17, 15) is 30.3 Å². The number of hydrogen-bond donors (Lipinski definition) is 5. The zero-order valence-corrected chi connectivity index (χ0v) is 13.8. The zero-order chi connectivity index (χ0) is 18.3. The number of rotatable bonds is 4. The van der Waals surface area contributed by atoms with Gasteiger partial charge in [-0.1, -0.05) is 6.92 Å². The highest BCUT2D eigenvalue weighted by Crippen LogP contribution is 2.47. The van der Waals surface area contributed by atoms with Crippen LogP contribution in [0.5, 0.6) is 0 Å². The fourth-order valence-corrected chi connectivity index (χ4v) is 4.01. The van der Waals surface area contributed by atoms with Crippen LogP contribution < -0.4 is 0 Å². The summed E-state index contributed by atoms with van der Waals surface area (Å²) in [6.45, 7) is 1.42. The van der Waals surface area contributed by atoms with E-state index in [0.717, 1.165) is 12.7 Å². The van der Waals surface area contributed by atoms with Crippen molar-refractivity contribution >= 4 is 5.97 Å². The number of ether oxygens (including phenoxy) is 3. The molecule has 0 spiro atoms. The molecule has 0 amide bonds. The minimum atomic E-state index is -1.54. The van der Waals surface area contributed by atoms with Crippen molar-refractivity contribution in [1.82, 2.24) is 0 Å². The van der Waals surface area contributed by atoms with E-state index in [1.165, 1.54) is 0 Å². The van der Waals surface area contributed by atoms with E-state index < -0.39 is 49.6 Å². The number of fused-ring (bicyclic) bond motifs is 1. The van der Waals surface area contributed by atoms with Crippen LogP contribution in [-0.2, 0) is 19.0 Å². The predicted molar refractivity (Wildman–Crippen MR) is 80.8 cm³/mol. The van der Waals surface area contributed by atoms with Gasteiger partial charge in [-0.25, -0.2) is 4.79 Å². The van der Waals surface area contributed by atoms with Gasteiger partial charge in [-0.3, -0.25) is 0 Å². The molecule has 9 nitrogen and oxygen atoms in total. The Morgan fingerprint density at radius 1 is 1.20 bits per heavy atom. The highest BCUT2D eigenvalue weighted by Gasteiger charge is 2.50. The van der Waals surface area contributed by atoms with Gasteiger partial charge < -0.3 is 39.7 Å². The number of aliphatic hydroxyl groups is 4. The molecular weight excluding hydrogens is 336 g/mol. The van der Waals surface area contributed by atoms with Crippen LogP contribution in [0, 0.1) is 17.8 Å². The van der Waals surface area contributed by atoms with Gasteiger partial charge in [0.05, 0.1) is 18.4 Å². The normalized spacial score (nSPS) is 46.9. The predicted octanol–water partition coefficient (Wildman–Crippen LogP) is -1.21. The zero-order valence-electron chi connectivity index (χ0n) is 13.8. The maximum atomic E-state index is 11.4. The van der Waals surface area contributed by atoms with Crippen molar-refractivity contribution in [1.29, 1.82) is 0 Å². The molecule has 9 atom stereocenters. The summed E-state index contributed by atoms with van der Waals surface area (Å²) in [6, 6.07) is 0. The van der Waals surface area contributed by atoms with Gasteiger partial charge in [0.2, 0.25) is 6.29 Å². The van der Waals surface area contributed by atoms with E-state index in [0.29, 0.717) is 6.42 Å². The highest BCUT2D eigenvalue weighted by molar-refractivity contribution is 5.87. The minimum Gasteiger partial charge on any atom is -0.478 e. The molecule has 2 heterocycles. The molecule has 9 heteroatoms. The lowest BCUT2D eigenvalue weighted by Crippen LogP contribution is -2.60. The summed E-state index contributed by atoms with van der Waals surface area (Å²) in [7, 11) is 0. The second-order valence-corrected chi connectivity index (χ2v) is 6.95. The third kappa shape index (κ3) is 3.27. The molecule has 1 saturated heterocycles. The van der Waals surface area contributed by atoms with Gasteiger partial charge in [-0.15, -0.1) is 0 Å². The van der Waals surface area contributed by atoms with E-state index in [1.807, 2.05) is 6.92 Å². The molecule has 1 aliphatic carbocycles. The Kier molecular flexibility index (Phi) is 5.33. The molecule has 2 fully saturated rings. The van der Waals surface area contributed by atoms with Crippen LogP contribution in [0.2, 0.25) is 0 Å². The van der Waals surface area contributed by atoms with Gasteiger partial charge in [-0.05, 0) is 18.8 Å². The lowest BCUT2D eigenvalue weighted by molar-refractivity contribution is -0.342. The molecule has 0 aromatic carbocycles. The molecule has 0 aromatic rings. The van der Waals surface area contributed by atoms with Gasteiger partial charge in [0.1, 0.15) is 24.4 Å². The average Bonchev–Trinajstić information content (AvgIpc) is 2.97. The summed E-state index contributed by atoms with van der Waals surface area (Å²) < 4.78 is 16.5. The summed E-state index contributed by atoms with van der Waals surface area (Å²) >= 11 is 0. The van der Waals surface area contributed by atoms with Crippen molar-refractivity contribution in [2.45, 2.75) is 56.8 Å². The largest absolute Gasteiger partial charge is 0.478 e. The van der Waals surface area contributed by atoms with Gasteiger partial charge in [0, 0.05) is 11.8 Å². The Balaban J connectivity index is 1.77. The van der Waals surface area contributed by atoms with E-state index in [-0.39, 0.29) is 23.3 Å². The van der Waals surface area contributed by atoms with Crippen LogP contribution >= 0.6 is 0 Å². The molecule has 0 bridgehead atoms. The molecule has 3 rings (SSSR count). The smallest absolute Gasteiger partial charge is 0.334 e. The molecular formula is C16H24O9. The summed E-state index contributed by atoms with van der Waals surface area (Å²) in [6.07, 6.45) is -5.10. The number of carboxylic acid groups (broad SMARTS) is 1. The Morgan fingerprint density at radius 3 is 2.56 bits per heavy atom. The molecule has 25 heavy (non-hydrogen) atoms. The molecule has 3 aliphatic rings. The first-order valence-corrected chi connectivity index (χ1v) is 8.40. The minimum absolute atomic E-state index is 0.142. The second-order valence-electron chi connectivity index (χ2n) is 6.95. The van der Waals surface area contributed by atoms with Crippen LogP contribution in [0.15, 0.2) is 11.8 Å². The Hall–Kier alpha value is -1.23.